The van der Waals surface area contributed by atoms with E-state index in [2.05, 4.69) is 5.43 Å². The van der Waals surface area contributed by atoms with Crippen LogP contribution in [-0.4, -0.2) is 18.1 Å². The summed E-state index contributed by atoms with van der Waals surface area (Å²) in [5.41, 5.74) is 1.97. The minimum absolute atomic E-state index is 0. The highest BCUT2D eigenvalue weighted by molar-refractivity contribution is 5.85. The van der Waals surface area contributed by atoms with Gasteiger partial charge in [-0.15, -0.1) is 12.4 Å². The van der Waals surface area contributed by atoms with Crippen LogP contribution in [0.4, 0.5) is 0 Å². The standard InChI is InChI=1S/C7H14N2O2.ClH/c1-2-11-6(10)7(9-8)4-3-5-7;/h9H,2-5,8H2,1H3;1H. The van der Waals surface area contributed by atoms with Crippen LogP contribution in [0.2, 0.25) is 0 Å². The molecule has 0 amide bonds. The van der Waals surface area contributed by atoms with E-state index >= 15 is 0 Å². The van der Waals surface area contributed by atoms with Crippen molar-refractivity contribution in [2.75, 3.05) is 6.61 Å². The van der Waals surface area contributed by atoms with Crippen molar-refractivity contribution in [2.24, 2.45) is 5.84 Å². The van der Waals surface area contributed by atoms with E-state index in [0.29, 0.717) is 6.61 Å². The van der Waals surface area contributed by atoms with E-state index in [1.807, 2.05) is 0 Å². The van der Waals surface area contributed by atoms with Gasteiger partial charge in [0.25, 0.3) is 0 Å². The van der Waals surface area contributed by atoms with Gasteiger partial charge in [-0.2, -0.15) is 0 Å². The van der Waals surface area contributed by atoms with Crippen LogP contribution in [0.1, 0.15) is 26.2 Å². The first-order chi connectivity index (χ1) is 5.25. The number of hydrogen-bond acceptors (Lipinski definition) is 4. The number of hydrogen-bond donors (Lipinski definition) is 2. The Bertz CT molecular complexity index is 154. The average molecular weight is 195 g/mol. The molecule has 5 heteroatoms. The van der Waals surface area contributed by atoms with E-state index in [0.717, 1.165) is 19.3 Å². The summed E-state index contributed by atoms with van der Waals surface area (Å²) in [7, 11) is 0. The maximum Gasteiger partial charge on any atom is 0.327 e. The van der Waals surface area contributed by atoms with Crippen molar-refractivity contribution in [3.05, 3.63) is 0 Å². The van der Waals surface area contributed by atoms with E-state index in [4.69, 9.17) is 10.6 Å². The molecule has 0 spiro atoms. The zero-order valence-electron chi connectivity index (χ0n) is 7.13. The summed E-state index contributed by atoms with van der Waals surface area (Å²) < 4.78 is 4.86. The topological polar surface area (TPSA) is 64.3 Å². The molecule has 1 saturated carbocycles. The molecule has 1 rings (SSSR count). The second-order valence-electron chi connectivity index (χ2n) is 2.80. The second kappa shape index (κ2) is 4.64. The summed E-state index contributed by atoms with van der Waals surface area (Å²) in [5, 5.41) is 0. The second-order valence-corrected chi connectivity index (χ2v) is 2.80. The van der Waals surface area contributed by atoms with E-state index in [9.17, 15) is 4.79 Å². The molecule has 1 aliphatic rings. The average Bonchev–Trinajstić information content (AvgIpc) is 1.87. The van der Waals surface area contributed by atoms with Gasteiger partial charge in [0.1, 0.15) is 5.54 Å². The normalized spacial score (nSPS) is 18.8. The monoisotopic (exact) mass is 194 g/mol. The molecule has 0 radical (unpaired) electrons. The molecule has 0 bridgehead atoms. The molecular formula is C7H15ClN2O2. The third kappa shape index (κ3) is 1.88. The van der Waals surface area contributed by atoms with Crippen molar-refractivity contribution < 1.29 is 9.53 Å². The maximum atomic E-state index is 11.2. The van der Waals surface area contributed by atoms with Gasteiger partial charge in [0.2, 0.25) is 0 Å². The molecule has 0 saturated heterocycles. The predicted octanol–water partition coefficient (Wildman–Crippen LogP) is 0.357. The Balaban J connectivity index is 0.00000121. The Hall–Kier alpha value is -0.320. The summed E-state index contributed by atoms with van der Waals surface area (Å²) in [5.74, 6) is 5.04. The predicted molar refractivity (Wildman–Crippen MR) is 47.8 cm³/mol. The van der Waals surface area contributed by atoms with Crippen molar-refractivity contribution in [2.45, 2.75) is 31.7 Å². The van der Waals surface area contributed by atoms with Gasteiger partial charge in [0.15, 0.2) is 0 Å². The van der Waals surface area contributed by atoms with Crippen LogP contribution in [0.25, 0.3) is 0 Å². The molecule has 1 fully saturated rings. The first-order valence-electron chi connectivity index (χ1n) is 3.90. The fourth-order valence-electron chi connectivity index (χ4n) is 1.21. The van der Waals surface area contributed by atoms with Crippen LogP contribution >= 0.6 is 12.4 Å². The highest BCUT2D eigenvalue weighted by Crippen LogP contribution is 2.31. The zero-order chi connectivity index (χ0) is 8.32. The number of carbonyl (C=O) groups is 1. The van der Waals surface area contributed by atoms with Gasteiger partial charge in [-0.1, -0.05) is 0 Å². The van der Waals surface area contributed by atoms with Gasteiger partial charge in [-0.05, 0) is 26.2 Å². The minimum Gasteiger partial charge on any atom is -0.465 e. The van der Waals surface area contributed by atoms with Gasteiger partial charge in [0.05, 0.1) is 6.61 Å². The lowest BCUT2D eigenvalue weighted by atomic mass is 9.77. The van der Waals surface area contributed by atoms with Gasteiger partial charge in [-0.3, -0.25) is 5.84 Å². The van der Waals surface area contributed by atoms with E-state index in [-0.39, 0.29) is 18.4 Å². The van der Waals surface area contributed by atoms with E-state index < -0.39 is 5.54 Å². The molecule has 0 atom stereocenters. The Morgan fingerprint density at radius 3 is 2.50 bits per heavy atom. The van der Waals surface area contributed by atoms with Gasteiger partial charge in [0, 0.05) is 0 Å². The molecule has 3 N–H and O–H groups in total. The van der Waals surface area contributed by atoms with Gasteiger partial charge in [-0.25, -0.2) is 10.2 Å². The number of esters is 1. The Labute approximate surface area is 78.2 Å². The number of ether oxygens (including phenoxy) is 1. The summed E-state index contributed by atoms with van der Waals surface area (Å²) >= 11 is 0. The highest BCUT2D eigenvalue weighted by atomic mass is 35.5. The van der Waals surface area contributed by atoms with E-state index in [1.54, 1.807) is 6.92 Å². The third-order valence-corrected chi connectivity index (χ3v) is 2.15. The number of hydrazine groups is 1. The fraction of sp³-hybridized carbons (Fsp3) is 0.857. The van der Waals surface area contributed by atoms with Crippen molar-refractivity contribution in [1.82, 2.24) is 5.43 Å². The SMILES string of the molecule is CCOC(=O)C1(NN)CCC1.Cl. The zero-order valence-corrected chi connectivity index (χ0v) is 7.95. The first-order valence-corrected chi connectivity index (χ1v) is 3.90. The van der Waals surface area contributed by atoms with Crippen molar-refractivity contribution in [3.8, 4) is 0 Å². The molecule has 0 unspecified atom stereocenters. The maximum absolute atomic E-state index is 11.2. The van der Waals surface area contributed by atoms with Crippen LogP contribution in [0.5, 0.6) is 0 Å². The minimum atomic E-state index is -0.560. The van der Waals surface area contributed by atoms with Crippen LogP contribution in [0, 0.1) is 0 Å². The number of halogens is 1. The molecule has 0 heterocycles. The number of carbonyl (C=O) groups excluding carboxylic acids is 1. The molecule has 0 aromatic rings. The Morgan fingerprint density at radius 1 is 1.67 bits per heavy atom. The van der Waals surface area contributed by atoms with Gasteiger partial charge >= 0.3 is 5.97 Å². The Morgan fingerprint density at radius 2 is 2.25 bits per heavy atom. The molecule has 72 valence electrons. The lowest BCUT2D eigenvalue weighted by molar-refractivity contribution is -0.155. The smallest absolute Gasteiger partial charge is 0.327 e. The van der Waals surface area contributed by atoms with Crippen LogP contribution in [0.3, 0.4) is 0 Å². The molecule has 1 aliphatic carbocycles. The van der Waals surface area contributed by atoms with Gasteiger partial charge < -0.3 is 4.74 Å². The number of nitrogens with one attached hydrogen (secondary N) is 1. The summed E-state index contributed by atoms with van der Waals surface area (Å²) in [6.07, 6.45) is 2.63. The molecule has 0 aromatic heterocycles. The molecule has 0 aliphatic heterocycles. The van der Waals surface area contributed by atoms with Crippen LogP contribution < -0.4 is 11.3 Å². The first kappa shape index (κ1) is 11.7. The van der Waals surface area contributed by atoms with Crippen molar-refractivity contribution in [1.29, 1.82) is 0 Å². The largest absolute Gasteiger partial charge is 0.465 e. The highest BCUT2D eigenvalue weighted by Gasteiger charge is 2.44. The van der Waals surface area contributed by atoms with Crippen molar-refractivity contribution >= 4 is 18.4 Å². The lowest BCUT2D eigenvalue weighted by Gasteiger charge is -2.38. The van der Waals surface area contributed by atoms with Crippen LogP contribution in [0.15, 0.2) is 0 Å². The molecule has 4 nitrogen and oxygen atoms in total. The number of nitrogens with two attached hydrogens (primary N) is 1. The fourth-order valence-corrected chi connectivity index (χ4v) is 1.21. The van der Waals surface area contributed by atoms with Crippen LogP contribution in [-0.2, 0) is 9.53 Å². The molecule has 0 aromatic carbocycles. The molecule has 12 heavy (non-hydrogen) atoms. The summed E-state index contributed by atoms with van der Waals surface area (Å²) in [6.45, 7) is 2.21. The van der Waals surface area contributed by atoms with Crippen molar-refractivity contribution in [3.63, 3.8) is 0 Å². The number of rotatable bonds is 3. The third-order valence-electron chi connectivity index (χ3n) is 2.15. The lowest BCUT2D eigenvalue weighted by Crippen LogP contribution is -2.60. The van der Waals surface area contributed by atoms with E-state index in [1.165, 1.54) is 0 Å². The molecular weight excluding hydrogens is 180 g/mol. The Kier molecular flexibility index (Phi) is 4.52. The quantitative estimate of drug-likeness (QED) is 0.387. The summed E-state index contributed by atoms with van der Waals surface area (Å²) in [6, 6.07) is 0. The summed E-state index contributed by atoms with van der Waals surface area (Å²) in [4.78, 5) is 11.2.